The third-order valence-corrected chi connectivity index (χ3v) is 9.34. The van der Waals surface area contributed by atoms with Crippen LogP contribution in [-0.4, -0.2) is 29.4 Å². The van der Waals surface area contributed by atoms with Crippen molar-refractivity contribution in [2.75, 3.05) is 13.1 Å². The van der Waals surface area contributed by atoms with Crippen LogP contribution < -0.4 is 12.4 Å². The maximum absolute atomic E-state index is 13.2. The maximum Gasteiger partial charge on any atom is 0.321 e. The molecule has 0 heterocycles. The molecule has 0 fully saturated rings. The van der Waals surface area contributed by atoms with Crippen LogP contribution in [-0.2, 0) is 9.59 Å². The lowest BCUT2D eigenvalue weighted by Crippen LogP contribution is -3.00. The van der Waals surface area contributed by atoms with E-state index in [4.69, 9.17) is 0 Å². The predicted octanol–water partition coefficient (Wildman–Crippen LogP) is 9.98. The number of carbonyl (C=O) groups excluding carboxylic acids is 2. The lowest BCUT2D eigenvalue weighted by Gasteiger charge is -2.31. The zero-order valence-corrected chi connectivity index (χ0v) is 30.9. The van der Waals surface area contributed by atoms with Gasteiger partial charge in [-0.05, 0) is 78.1 Å². The molecule has 0 radical (unpaired) electrons. The maximum atomic E-state index is 13.2. The van der Waals surface area contributed by atoms with E-state index in [2.05, 4.69) is 38.2 Å². The molecule has 4 heteroatoms. The summed E-state index contributed by atoms with van der Waals surface area (Å²) in [5.41, 5.74) is 0. The van der Waals surface area contributed by atoms with E-state index in [-0.39, 0.29) is 28.7 Å². The summed E-state index contributed by atoms with van der Waals surface area (Å²) >= 11 is 0. The highest BCUT2D eigenvalue weighted by Gasteiger charge is 2.39. The fourth-order valence-electron chi connectivity index (χ4n) is 6.19. The Bertz CT molecular complexity index is 629. The minimum absolute atomic E-state index is 0. The largest absolute Gasteiger partial charge is 1.00 e. The number of halogens is 1. The number of amides is 2. The van der Waals surface area contributed by atoms with E-state index < -0.39 is 0 Å². The van der Waals surface area contributed by atoms with Crippen LogP contribution in [0.4, 0.5) is 0 Å². The normalized spacial score (nSPS) is 11.9. The highest BCUT2D eigenvalue weighted by molar-refractivity contribution is 5.84. The number of carbonyl (C=O) groups is 2. The highest BCUT2D eigenvalue weighted by Crippen LogP contribution is 2.19. The average Bonchev–Trinajstić information content (AvgIpc) is 3.01. The molecule has 0 bridgehead atoms. The van der Waals surface area contributed by atoms with Crippen molar-refractivity contribution in [3.05, 3.63) is 24.3 Å². The Labute approximate surface area is 282 Å². The fourth-order valence-corrected chi connectivity index (χ4v) is 6.19. The van der Waals surface area contributed by atoms with Gasteiger partial charge in [-0.2, -0.15) is 4.48 Å². The Balaban J connectivity index is 0. The van der Waals surface area contributed by atoms with Gasteiger partial charge in [-0.15, -0.1) is 0 Å². The Hall–Kier alpha value is -0.930. The van der Waals surface area contributed by atoms with E-state index in [9.17, 15) is 9.59 Å². The number of allylic oxidation sites excluding steroid dienone is 4. The topological polar surface area (TPSA) is 34.1 Å². The number of hydrogen-bond acceptors (Lipinski definition) is 2. The van der Waals surface area contributed by atoms with Gasteiger partial charge in [-0.3, -0.25) is 0 Å². The van der Waals surface area contributed by atoms with Crippen molar-refractivity contribution >= 4 is 11.8 Å². The number of hydrogen-bond donors (Lipinski definition) is 0. The van der Waals surface area contributed by atoms with E-state index in [0.29, 0.717) is 25.9 Å². The summed E-state index contributed by atoms with van der Waals surface area (Å²) in [5, 5.41) is 0. The minimum atomic E-state index is 0. The third-order valence-electron chi connectivity index (χ3n) is 9.34. The molecule has 0 aliphatic carbocycles. The first kappa shape index (κ1) is 45.2. The van der Waals surface area contributed by atoms with Gasteiger partial charge in [0.15, 0.2) is 0 Å². The van der Waals surface area contributed by atoms with Crippen LogP contribution >= 0.6 is 0 Å². The number of nitrogens with zero attached hydrogens (tertiary/aromatic N) is 1. The van der Waals surface area contributed by atoms with Gasteiger partial charge < -0.3 is 12.4 Å². The highest BCUT2D eigenvalue weighted by atomic mass is 35.5. The summed E-state index contributed by atoms with van der Waals surface area (Å²) in [7, 11) is 0. The van der Waals surface area contributed by atoms with E-state index in [1.54, 1.807) is 0 Å². The second-order valence-corrected chi connectivity index (χ2v) is 13.1. The number of rotatable bonds is 32. The monoisotopic (exact) mass is 638 g/mol. The van der Waals surface area contributed by atoms with E-state index >= 15 is 0 Å². The number of unbranched alkanes of at least 4 members (excludes halogenated alkanes) is 22. The standard InChI is InChI=1S/C40H76NO2.ClH/c1-5-9-11-13-15-17-19-21-23-25-27-29-31-33-35-37-39(42)41(7-3,8-4)40(43)38-36-34-32-30-28-26-24-22-20-18-16-14-12-10-6-2;/h21-24H,5-20,25-38H2,1-4H3;1H/q+1;/p-1. The number of quaternary nitrogens is 1. The van der Waals surface area contributed by atoms with Crippen molar-refractivity contribution in [3.63, 3.8) is 0 Å². The van der Waals surface area contributed by atoms with E-state index in [0.717, 1.165) is 25.7 Å². The molecule has 0 aromatic rings. The lowest BCUT2D eigenvalue weighted by atomic mass is 10.1. The van der Waals surface area contributed by atoms with Gasteiger partial charge in [-0.25, -0.2) is 9.59 Å². The first-order valence-electron chi connectivity index (χ1n) is 19.3. The molecule has 0 atom stereocenters. The predicted molar refractivity (Wildman–Crippen MR) is 190 cm³/mol. The van der Waals surface area contributed by atoms with Crippen LogP contribution in [0.2, 0.25) is 0 Å². The molecule has 0 rings (SSSR count). The Morgan fingerprint density at radius 3 is 0.909 bits per heavy atom. The molecule has 0 N–H and O–H groups in total. The van der Waals surface area contributed by atoms with Crippen molar-refractivity contribution in [1.82, 2.24) is 0 Å². The van der Waals surface area contributed by atoms with Crippen LogP contribution in [0.1, 0.15) is 207 Å². The molecule has 0 aromatic carbocycles. The molecule has 0 aliphatic rings. The van der Waals surface area contributed by atoms with Crippen LogP contribution in [0.25, 0.3) is 0 Å². The van der Waals surface area contributed by atoms with Crippen molar-refractivity contribution < 1.29 is 26.5 Å². The quantitative estimate of drug-likeness (QED) is 0.0418. The van der Waals surface area contributed by atoms with Crippen LogP contribution in [0.5, 0.6) is 0 Å². The van der Waals surface area contributed by atoms with Gasteiger partial charge in [0.2, 0.25) is 0 Å². The summed E-state index contributed by atoms with van der Waals surface area (Å²) in [6.45, 7) is 9.77. The zero-order chi connectivity index (χ0) is 31.7. The van der Waals surface area contributed by atoms with Crippen LogP contribution in [0.15, 0.2) is 24.3 Å². The molecular formula is C40H76ClNO2. The fraction of sp³-hybridized carbons (Fsp3) is 0.850. The zero-order valence-electron chi connectivity index (χ0n) is 30.2. The lowest BCUT2D eigenvalue weighted by molar-refractivity contribution is -0.776. The summed E-state index contributed by atoms with van der Waals surface area (Å²) < 4.78 is 0.0623. The van der Waals surface area contributed by atoms with Crippen LogP contribution in [0, 0.1) is 0 Å². The summed E-state index contributed by atoms with van der Waals surface area (Å²) in [5.74, 6) is 0.306. The second kappa shape index (κ2) is 34.9. The van der Waals surface area contributed by atoms with Gasteiger partial charge >= 0.3 is 11.8 Å². The van der Waals surface area contributed by atoms with Crippen molar-refractivity contribution in [2.24, 2.45) is 0 Å². The van der Waals surface area contributed by atoms with Crippen molar-refractivity contribution in [3.8, 4) is 0 Å². The minimum Gasteiger partial charge on any atom is -1.00 e. The smallest absolute Gasteiger partial charge is 0.321 e. The average molecular weight is 639 g/mol. The van der Waals surface area contributed by atoms with E-state index in [1.165, 1.54) is 141 Å². The molecule has 0 saturated heterocycles. The Morgan fingerprint density at radius 2 is 0.636 bits per heavy atom. The summed E-state index contributed by atoms with van der Waals surface area (Å²) in [4.78, 5) is 26.4. The van der Waals surface area contributed by atoms with Gasteiger partial charge in [0.1, 0.15) is 0 Å². The molecule has 2 amide bonds. The molecule has 260 valence electrons. The van der Waals surface area contributed by atoms with Gasteiger partial charge in [0.05, 0.1) is 25.9 Å². The van der Waals surface area contributed by atoms with Gasteiger partial charge in [0, 0.05) is 0 Å². The molecule has 0 aliphatic heterocycles. The molecule has 0 unspecified atom stereocenters. The van der Waals surface area contributed by atoms with Gasteiger partial charge in [0.25, 0.3) is 0 Å². The van der Waals surface area contributed by atoms with Crippen molar-refractivity contribution in [2.45, 2.75) is 207 Å². The van der Waals surface area contributed by atoms with Crippen LogP contribution in [0.3, 0.4) is 0 Å². The molecule has 0 aromatic heterocycles. The molecular weight excluding hydrogens is 562 g/mol. The SMILES string of the molecule is CCCCCCCCC=CCCCCCCCC(=O)[N+](CC)(CC)C(=O)CCCCCCCC=CCCCCCCCC.[Cl-]. The number of imide groups is 1. The van der Waals surface area contributed by atoms with E-state index in [1.807, 2.05) is 13.8 Å². The molecule has 0 spiro atoms. The Morgan fingerprint density at radius 1 is 0.386 bits per heavy atom. The second-order valence-electron chi connectivity index (χ2n) is 13.1. The Kier molecular flexibility index (Phi) is 35.9. The molecule has 44 heavy (non-hydrogen) atoms. The first-order valence-corrected chi connectivity index (χ1v) is 19.3. The summed E-state index contributed by atoms with van der Waals surface area (Å²) in [6, 6.07) is 0. The first-order chi connectivity index (χ1) is 21.1. The van der Waals surface area contributed by atoms with Gasteiger partial charge in [-0.1, -0.05) is 141 Å². The molecule has 0 saturated carbocycles. The summed E-state index contributed by atoms with van der Waals surface area (Å²) in [6.07, 6.45) is 43.3. The van der Waals surface area contributed by atoms with Crippen molar-refractivity contribution in [1.29, 1.82) is 0 Å². The third kappa shape index (κ3) is 25.3. The molecule has 3 nitrogen and oxygen atoms in total.